The predicted octanol–water partition coefficient (Wildman–Crippen LogP) is 4.08. The number of nitrogens with zero attached hydrogens (tertiary/aromatic N) is 2. The van der Waals surface area contributed by atoms with Crippen LogP contribution in [0.2, 0.25) is 0 Å². The van der Waals surface area contributed by atoms with Crippen molar-refractivity contribution in [1.29, 1.82) is 0 Å². The molecule has 3 aliphatic rings. The summed E-state index contributed by atoms with van der Waals surface area (Å²) >= 11 is 0. The quantitative estimate of drug-likeness (QED) is 0.646. The van der Waals surface area contributed by atoms with Crippen molar-refractivity contribution in [2.75, 3.05) is 26.2 Å². The number of ether oxygens (including phenoxy) is 1. The number of carbonyl (C=O) groups excluding carboxylic acids is 2. The molecule has 1 aliphatic carbocycles. The Morgan fingerprint density at radius 3 is 2.69 bits per heavy atom. The van der Waals surface area contributed by atoms with Gasteiger partial charge in [0, 0.05) is 44.2 Å². The molecule has 2 bridgehead atoms. The van der Waals surface area contributed by atoms with Gasteiger partial charge in [-0.05, 0) is 55.2 Å². The van der Waals surface area contributed by atoms with Gasteiger partial charge < -0.3 is 15.0 Å². The van der Waals surface area contributed by atoms with Crippen LogP contribution in [0.4, 0.5) is 0 Å². The zero-order valence-corrected chi connectivity index (χ0v) is 21.2. The average molecular weight is 488 g/mol. The first kappa shape index (κ1) is 24.6. The maximum absolute atomic E-state index is 13.6. The zero-order chi connectivity index (χ0) is 24.9. The van der Waals surface area contributed by atoms with Gasteiger partial charge in [-0.25, -0.2) is 0 Å². The molecule has 1 N–H and O–H groups in total. The van der Waals surface area contributed by atoms with Gasteiger partial charge in [-0.3, -0.25) is 14.5 Å². The molecule has 6 nitrogen and oxygen atoms in total. The van der Waals surface area contributed by atoms with Gasteiger partial charge in [0.05, 0.1) is 6.54 Å². The standard InChI is InChI=1S/C30H37N3O3/c1-22-7-2-3-8-24(22)18-32-19-26-9-4-5-11-28(26)36-16-6-10-25-20-33(30(35)21-32)15-14-23(25)17-29(34)31-27-12-13-27/h2-11,23,25,27H,12-21H2,1H3,(H,31,34)/b10-6+/t23-,25-/m0/s1. The second-order valence-corrected chi connectivity index (χ2v) is 10.5. The molecule has 5 rings (SSSR count). The summed E-state index contributed by atoms with van der Waals surface area (Å²) in [6.07, 6.45) is 7.79. The number of aryl methyl sites for hydroxylation is 1. The van der Waals surface area contributed by atoms with Gasteiger partial charge in [-0.1, -0.05) is 54.6 Å². The molecule has 2 aromatic rings. The molecule has 2 aliphatic heterocycles. The highest BCUT2D eigenvalue weighted by Crippen LogP contribution is 2.30. The number of fused-ring (bicyclic) bond motifs is 3. The highest BCUT2D eigenvalue weighted by Gasteiger charge is 2.33. The lowest BCUT2D eigenvalue weighted by atomic mass is 9.82. The van der Waals surface area contributed by atoms with E-state index in [0.29, 0.717) is 51.8 Å². The molecule has 0 spiro atoms. The minimum absolute atomic E-state index is 0.146. The van der Waals surface area contributed by atoms with Crippen molar-refractivity contribution in [2.24, 2.45) is 11.8 Å². The van der Waals surface area contributed by atoms with Crippen molar-refractivity contribution in [3.63, 3.8) is 0 Å². The fourth-order valence-corrected chi connectivity index (χ4v) is 5.35. The van der Waals surface area contributed by atoms with Crippen molar-refractivity contribution in [2.45, 2.75) is 51.7 Å². The number of piperidine rings is 1. The van der Waals surface area contributed by atoms with E-state index in [-0.39, 0.29) is 23.7 Å². The molecule has 2 aromatic carbocycles. The molecule has 0 radical (unpaired) electrons. The third-order valence-corrected chi connectivity index (χ3v) is 7.65. The van der Waals surface area contributed by atoms with Crippen molar-refractivity contribution in [3.8, 4) is 5.75 Å². The molecule has 1 saturated carbocycles. The van der Waals surface area contributed by atoms with Crippen LogP contribution in [0.3, 0.4) is 0 Å². The SMILES string of the molecule is Cc1ccccc1CN1CC(=O)N2CC[C@@H](CC(=O)NC3CC3)[C@@H](/C=C/COc3ccccc3C1)C2. The summed E-state index contributed by atoms with van der Waals surface area (Å²) in [7, 11) is 0. The lowest BCUT2D eigenvalue weighted by molar-refractivity contribution is -0.135. The van der Waals surface area contributed by atoms with Crippen LogP contribution in [-0.2, 0) is 22.7 Å². The van der Waals surface area contributed by atoms with Crippen LogP contribution in [0, 0.1) is 18.8 Å². The number of carbonyl (C=O) groups is 2. The van der Waals surface area contributed by atoms with Crippen LogP contribution in [0.5, 0.6) is 5.75 Å². The summed E-state index contributed by atoms with van der Waals surface area (Å²) in [5.41, 5.74) is 3.54. The first-order chi connectivity index (χ1) is 17.5. The summed E-state index contributed by atoms with van der Waals surface area (Å²) in [6, 6.07) is 16.9. The van der Waals surface area contributed by atoms with E-state index in [1.807, 2.05) is 23.1 Å². The number of nitrogens with one attached hydrogen (secondary N) is 1. The van der Waals surface area contributed by atoms with Crippen LogP contribution >= 0.6 is 0 Å². The minimum Gasteiger partial charge on any atom is -0.489 e. The second kappa shape index (κ2) is 11.3. The van der Waals surface area contributed by atoms with E-state index in [0.717, 1.165) is 30.6 Å². The van der Waals surface area contributed by atoms with Crippen LogP contribution in [0.15, 0.2) is 60.7 Å². The molecule has 0 aromatic heterocycles. The van der Waals surface area contributed by atoms with Crippen molar-refractivity contribution >= 4 is 11.8 Å². The Morgan fingerprint density at radius 1 is 1.06 bits per heavy atom. The molecular weight excluding hydrogens is 450 g/mol. The molecule has 1 saturated heterocycles. The molecule has 6 heteroatoms. The van der Waals surface area contributed by atoms with E-state index in [1.54, 1.807) is 0 Å². The third-order valence-electron chi connectivity index (χ3n) is 7.65. The number of rotatable bonds is 5. The van der Waals surface area contributed by atoms with E-state index >= 15 is 0 Å². The van der Waals surface area contributed by atoms with Crippen LogP contribution < -0.4 is 10.1 Å². The average Bonchev–Trinajstić information content (AvgIpc) is 3.68. The maximum Gasteiger partial charge on any atom is 0.236 e. The van der Waals surface area contributed by atoms with E-state index in [4.69, 9.17) is 4.74 Å². The molecule has 2 heterocycles. The van der Waals surface area contributed by atoms with E-state index in [2.05, 4.69) is 59.6 Å². The van der Waals surface area contributed by atoms with Gasteiger partial charge in [0.25, 0.3) is 0 Å². The molecule has 36 heavy (non-hydrogen) atoms. The molecule has 2 atom stereocenters. The van der Waals surface area contributed by atoms with Gasteiger partial charge in [-0.15, -0.1) is 0 Å². The van der Waals surface area contributed by atoms with Gasteiger partial charge in [0.2, 0.25) is 11.8 Å². The third kappa shape index (κ3) is 6.35. The van der Waals surface area contributed by atoms with Crippen molar-refractivity contribution in [3.05, 3.63) is 77.4 Å². The van der Waals surface area contributed by atoms with Crippen LogP contribution in [0.25, 0.3) is 0 Å². The van der Waals surface area contributed by atoms with Crippen molar-refractivity contribution in [1.82, 2.24) is 15.1 Å². The first-order valence-corrected chi connectivity index (χ1v) is 13.3. The number of amides is 2. The van der Waals surface area contributed by atoms with E-state index in [1.165, 1.54) is 11.1 Å². The topological polar surface area (TPSA) is 61.9 Å². The van der Waals surface area contributed by atoms with Gasteiger partial charge in [0.15, 0.2) is 0 Å². The molecule has 0 unspecified atom stereocenters. The van der Waals surface area contributed by atoms with E-state index < -0.39 is 0 Å². The largest absolute Gasteiger partial charge is 0.489 e. The summed E-state index contributed by atoms with van der Waals surface area (Å²) in [4.78, 5) is 30.3. The highest BCUT2D eigenvalue weighted by molar-refractivity contribution is 5.79. The summed E-state index contributed by atoms with van der Waals surface area (Å²) in [5.74, 6) is 1.54. The van der Waals surface area contributed by atoms with Crippen LogP contribution in [0.1, 0.15) is 42.4 Å². The Balaban J connectivity index is 1.36. The summed E-state index contributed by atoms with van der Waals surface area (Å²) in [6.45, 7) is 5.65. The minimum atomic E-state index is 0.146. The highest BCUT2D eigenvalue weighted by atomic mass is 16.5. The van der Waals surface area contributed by atoms with Gasteiger partial charge in [0.1, 0.15) is 12.4 Å². The molecule has 190 valence electrons. The fourth-order valence-electron chi connectivity index (χ4n) is 5.35. The lowest BCUT2D eigenvalue weighted by Gasteiger charge is -2.38. The Labute approximate surface area is 214 Å². The lowest BCUT2D eigenvalue weighted by Crippen LogP contribution is -2.47. The first-order valence-electron chi connectivity index (χ1n) is 13.3. The molecule has 2 amide bonds. The Morgan fingerprint density at radius 2 is 1.86 bits per heavy atom. The number of benzene rings is 2. The fraction of sp³-hybridized carbons (Fsp3) is 0.467. The zero-order valence-electron chi connectivity index (χ0n) is 21.2. The van der Waals surface area contributed by atoms with Gasteiger partial charge in [-0.2, -0.15) is 0 Å². The Bertz CT molecular complexity index is 1110. The predicted molar refractivity (Wildman–Crippen MR) is 140 cm³/mol. The second-order valence-electron chi connectivity index (χ2n) is 10.5. The normalized spacial score (nSPS) is 23.9. The number of hydrogen-bond acceptors (Lipinski definition) is 4. The Hall–Kier alpha value is -3.12. The molecule has 2 fully saturated rings. The van der Waals surface area contributed by atoms with E-state index in [9.17, 15) is 9.59 Å². The number of para-hydroxylation sites is 1. The van der Waals surface area contributed by atoms with Gasteiger partial charge >= 0.3 is 0 Å². The maximum atomic E-state index is 13.6. The monoisotopic (exact) mass is 487 g/mol. The molecular formula is C30H37N3O3. The Kier molecular flexibility index (Phi) is 7.71. The summed E-state index contributed by atoms with van der Waals surface area (Å²) < 4.78 is 6.17. The number of hydrogen-bond donors (Lipinski definition) is 1. The van der Waals surface area contributed by atoms with Crippen LogP contribution in [-0.4, -0.2) is 53.9 Å². The smallest absolute Gasteiger partial charge is 0.236 e. The summed E-state index contributed by atoms with van der Waals surface area (Å²) in [5, 5.41) is 3.13. The van der Waals surface area contributed by atoms with Crippen molar-refractivity contribution < 1.29 is 14.3 Å².